The van der Waals surface area contributed by atoms with Gasteiger partial charge in [0.2, 0.25) is 0 Å². The van der Waals surface area contributed by atoms with Crippen LogP contribution in [0.3, 0.4) is 0 Å². The number of hydrogen-bond donors (Lipinski definition) is 1. The minimum Gasteiger partial charge on any atom is -0.393 e. The van der Waals surface area contributed by atoms with E-state index in [1.165, 1.54) is 38.8 Å². The Morgan fingerprint density at radius 3 is 2.54 bits per heavy atom. The summed E-state index contributed by atoms with van der Waals surface area (Å²) in [5.41, 5.74) is 0. The molecule has 1 fully saturated rings. The molecule has 2 heteroatoms. The Balaban J connectivity index is 1.96. The zero-order valence-corrected chi connectivity index (χ0v) is 9.00. The molecule has 78 valence electrons. The van der Waals surface area contributed by atoms with E-state index in [1.54, 1.807) is 0 Å². The Morgan fingerprint density at radius 2 is 2.08 bits per heavy atom. The van der Waals surface area contributed by atoms with E-state index in [4.69, 9.17) is 5.11 Å². The van der Waals surface area contributed by atoms with Crippen molar-refractivity contribution in [1.82, 2.24) is 4.90 Å². The molecule has 1 unspecified atom stereocenters. The normalized spacial score (nSPS) is 19.4. The van der Waals surface area contributed by atoms with Crippen molar-refractivity contribution < 1.29 is 5.11 Å². The van der Waals surface area contributed by atoms with E-state index in [1.807, 2.05) is 6.92 Å². The molecule has 1 rings (SSSR count). The molecule has 1 saturated carbocycles. The summed E-state index contributed by atoms with van der Waals surface area (Å²) in [5.74, 6) is 0. The van der Waals surface area contributed by atoms with E-state index in [0.717, 1.165) is 12.5 Å². The first-order valence-corrected chi connectivity index (χ1v) is 5.66. The van der Waals surface area contributed by atoms with Gasteiger partial charge in [-0.15, -0.1) is 0 Å². The average molecular weight is 185 g/mol. The van der Waals surface area contributed by atoms with Crippen LogP contribution in [0.4, 0.5) is 0 Å². The molecule has 0 spiro atoms. The second-order valence-electron chi connectivity index (χ2n) is 4.20. The standard InChI is InChI=1S/C11H23NO/c1-3-12(11-7-8-11)9-5-4-6-10(2)13/h10-11,13H,3-9H2,1-2H3. The summed E-state index contributed by atoms with van der Waals surface area (Å²) in [7, 11) is 0. The molecule has 13 heavy (non-hydrogen) atoms. The number of hydrogen-bond acceptors (Lipinski definition) is 2. The molecule has 0 saturated heterocycles. The molecule has 1 aliphatic rings. The number of aliphatic hydroxyl groups is 1. The van der Waals surface area contributed by atoms with E-state index in [9.17, 15) is 0 Å². The third kappa shape index (κ3) is 4.63. The van der Waals surface area contributed by atoms with Crippen LogP contribution in [0.25, 0.3) is 0 Å². The Morgan fingerprint density at radius 1 is 1.38 bits per heavy atom. The summed E-state index contributed by atoms with van der Waals surface area (Å²) in [5, 5.41) is 9.08. The minimum atomic E-state index is -0.115. The van der Waals surface area contributed by atoms with Gasteiger partial charge in [0.15, 0.2) is 0 Å². The summed E-state index contributed by atoms with van der Waals surface area (Å²) >= 11 is 0. The highest BCUT2D eigenvalue weighted by Gasteiger charge is 2.26. The van der Waals surface area contributed by atoms with E-state index in [2.05, 4.69) is 11.8 Å². The molecular formula is C11H23NO. The molecule has 1 N–H and O–H groups in total. The van der Waals surface area contributed by atoms with Crippen molar-refractivity contribution in [1.29, 1.82) is 0 Å². The van der Waals surface area contributed by atoms with Crippen LogP contribution in [-0.2, 0) is 0 Å². The number of aliphatic hydroxyl groups excluding tert-OH is 1. The van der Waals surface area contributed by atoms with Crippen LogP contribution in [-0.4, -0.2) is 35.2 Å². The number of rotatable bonds is 7. The monoisotopic (exact) mass is 185 g/mol. The lowest BCUT2D eigenvalue weighted by atomic mass is 10.1. The molecule has 0 heterocycles. The lowest BCUT2D eigenvalue weighted by Gasteiger charge is -2.19. The molecule has 0 radical (unpaired) electrons. The second kappa shape index (κ2) is 5.61. The van der Waals surface area contributed by atoms with Crippen molar-refractivity contribution in [2.75, 3.05) is 13.1 Å². The summed E-state index contributed by atoms with van der Waals surface area (Å²) in [6.07, 6.45) is 6.07. The van der Waals surface area contributed by atoms with Gasteiger partial charge in [-0.3, -0.25) is 0 Å². The lowest BCUT2D eigenvalue weighted by molar-refractivity contribution is 0.176. The van der Waals surface area contributed by atoms with Crippen LogP contribution in [0.1, 0.15) is 46.0 Å². The van der Waals surface area contributed by atoms with Gasteiger partial charge in [-0.2, -0.15) is 0 Å². The van der Waals surface area contributed by atoms with Gasteiger partial charge in [0.05, 0.1) is 6.10 Å². The van der Waals surface area contributed by atoms with E-state index in [0.29, 0.717) is 0 Å². The van der Waals surface area contributed by atoms with E-state index in [-0.39, 0.29) is 6.10 Å². The van der Waals surface area contributed by atoms with Gasteiger partial charge in [-0.25, -0.2) is 0 Å². The molecule has 2 nitrogen and oxygen atoms in total. The third-order valence-corrected chi connectivity index (χ3v) is 2.79. The molecule has 0 aromatic heterocycles. The van der Waals surface area contributed by atoms with Gasteiger partial charge in [-0.05, 0) is 52.1 Å². The maximum atomic E-state index is 9.08. The van der Waals surface area contributed by atoms with Crippen molar-refractivity contribution in [3.8, 4) is 0 Å². The largest absolute Gasteiger partial charge is 0.393 e. The van der Waals surface area contributed by atoms with Crippen LogP contribution in [0, 0.1) is 0 Å². The van der Waals surface area contributed by atoms with Gasteiger partial charge < -0.3 is 10.0 Å². The highest BCUT2D eigenvalue weighted by atomic mass is 16.3. The van der Waals surface area contributed by atoms with Crippen LogP contribution >= 0.6 is 0 Å². The highest BCUT2D eigenvalue weighted by Crippen LogP contribution is 2.26. The number of nitrogens with zero attached hydrogens (tertiary/aromatic N) is 1. The topological polar surface area (TPSA) is 23.5 Å². The Hall–Kier alpha value is -0.0800. The molecule has 0 amide bonds. The molecule has 0 aromatic carbocycles. The summed E-state index contributed by atoms with van der Waals surface area (Å²) < 4.78 is 0. The third-order valence-electron chi connectivity index (χ3n) is 2.79. The summed E-state index contributed by atoms with van der Waals surface area (Å²) in [4.78, 5) is 2.57. The van der Waals surface area contributed by atoms with Gasteiger partial charge in [-0.1, -0.05) is 6.92 Å². The molecule has 1 atom stereocenters. The Bertz CT molecular complexity index is 132. The smallest absolute Gasteiger partial charge is 0.0512 e. The molecular weight excluding hydrogens is 162 g/mol. The Kier molecular flexibility index (Phi) is 4.74. The molecule has 0 aliphatic heterocycles. The van der Waals surface area contributed by atoms with Gasteiger partial charge >= 0.3 is 0 Å². The summed E-state index contributed by atoms with van der Waals surface area (Å²) in [6.45, 7) is 6.54. The van der Waals surface area contributed by atoms with Crippen LogP contribution < -0.4 is 0 Å². The zero-order valence-electron chi connectivity index (χ0n) is 9.00. The first-order chi connectivity index (χ1) is 6.24. The van der Waals surface area contributed by atoms with Crippen LogP contribution in [0.15, 0.2) is 0 Å². The zero-order chi connectivity index (χ0) is 9.68. The van der Waals surface area contributed by atoms with E-state index < -0.39 is 0 Å². The fourth-order valence-corrected chi connectivity index (χ4v) is 1.79. The quantitative estimate of drug-likeness (QED) is 0.613. The lowest BCUT2D eigenvalue weighted by Crippen LogP contribution is -2.26. The molecule has 1 aliphatic carbocycles. The minimum absolute atomic E-state index is 0.115. The van der Waals surface area contributed by atoms with Crippen molar-refractivity contribution in [2.45, 2.75) is 58.1 Å². The average Bonchev–Trinajstić information content (AvgIpc) is 2.87. The highest BCUT2D eigenvalue weighted by molar-refractivity contribution is 4.83. The first kappa shape index (κ1) is 11.0. The van der Waals surface area contributed by atoms with Crippen LogP contribution in [0.5, 0.6) is 0 Å². The summed E-state index contributed by atoms with van der Waals surface area (Å²) in [6, 6.07) is 0.900. The first-order valence-electron chi connectivity index (χ1n) is 5.66. The SMILES string of the molecule is CCN(CCCCC(C)O)C1CC1. The van der Waals surface area contributed by atoms with Gasteiger partial charge in [0, 0.05) is 6.04 Å². The number of unbranched alkanes of at least 4 members (excludes halogenated alkanes) is 1. The maximum absolute atomic E-state index is 9.08. The van der Waals surface area contributed by atoms with E-state index >= 15 is 0 Å². The van der Waals surface area contributed by atoms with Crippen molar-refractivity contribution in [3.05, 3.63) is 0 Å². The predicted molar refractivity (Wildman–Crippen MR) is 55.8 cm³/mol. The van der Waals surface area contributed by atoms with Crippen molar-refractivity contribution in [2.24, 2.45) is 0 Å². The van der Waals surface area contributed by atoms with Crippen LogP contribution in [0.2, 0.25) is 0 Å². The fourth-order valence-electron chi connectivity index (χ4n) is 1.79. The van der Waals surface area contributed by atoms with Gasteiger partial charge in [0.25, 0.3) is 0 Å². The predicted octanol–water partition coefficient (Wildman–Crippen LogP) is 2.02. The maximum Gasteiger partial charge on any atom is 0.0512 e. The van der Waals surface area contributed by atoms with Crippen molar-refractivity contribution in [3.63, 3.8) is 0 Å². The fraction of sp³-hybridized carbons (Fsp3) is 1.00. The second-order valence-corrected chi connectivity index (χ2v) is 4.20. The molecule has 0 aromatic rings. The van der Waals surface area contributed by atoms with Gasteiger partial charge in [0.1, 0.15) is 0 Å². The van der Waals surface area contributed by atoms with Crippen molar-refractivity contribution >= 4 is 0 Å². The molecule has 0 bridgehead atoms. The Labute approximate surface area is 81.9 Å².